The van der Waals surface area contributed by atoms with Crippen molar-refractivity contribution in [3.63, 3.8) is 0 Å². The molecule has 0 aliphatic carbocycles. The Hall–Kier alpha value is -0.810. The van der Waals surface area contributed by atoms with Crippen molar-refractivity contribution in [3.05, 3.63) is 12.2 Å². The lowest BCUT2D eigenvalue weighted by Crippen LogP contribution is -2.30. The zero-order valence-corrected chi connectivity index (χ0v) is 9.35. The second kappa shape index (κ2) is 5.82. The molecule has 4 nitrogen and oxygen atoms in total. The van der Waals surface area contributed by atoms with Gasteiger partial charge in [0.25, 0.3) is 0 Å². The Morgan fingerprint density at radius 3 is 2.43 bits per heavy atom. The average Bonchev–Trinajstić information content (AvgIpc) is 1.99. The molecule has 0 unspecified atom stereocenters. The average molecular weight is 217 g/mol. The monoisotopic (exact) mass is 217 g/mol. The number of hydrogen-bond acceptors (Lipinski definition) is 4. The summed E-state index contributed by atoms with van der Waals surface area (Å²) in [5, 5.41) is 11.0. The van der Waals surface area contributed by atoms with Gasteiger partial charge in [-0.05, 0) is 27.0 Å². The van der Waals surface area contributed by atoms with Crippen LogP contribution >= 0.6 is 11.8 Å². The standard InChI is InChI=1S/C9H15NO3S/c1-9(2,6-10-3)14-8(13)5-4-7(11)12/h4-5,10H,6H2,1-3H3,(H,11,12)/b5-4+. The van der Waals surface area contributed by atoms with Crippen LogP contribution in [0.1, 0.15) is 13.8 Å². The third kappa shape index (κ3) is 6.68. The molecule has 0 heterocycles. The van der Waals surface area contributed by atoms with Gasteiger partial charge >= 0.3 is 5.97 Å². The van der Waals surface area contributed by atoms with Gasteiger partial charge in [0.15, 0.2) is 0 Å². The number of rotatable bonds is 5. The molecule has 5 heteroatoms. The highest BCUT2D eigenvalue weighted by atomic mass is 32.2. The van der Waals surface area contributed by atoms with Crippen molar-refractivity contribution < 1.29 is 14.7 Å². The highest BCUT2D eigenvalue weighted by Crippen LogP contribution is 2.24. The van der Waals surface area contributed by atoms with Crippen LogP contribution in [0, 0.1) is 0 Å². The van der Waals surface area contributed by atoms with Crippen LogP contribution < -0.4 is 5.32 Å². The van der Waals surface area contributed by atoms with Gasteiger partial charge in [-0.25, -0.2) is 4.79 Å². The number of carbonyl (C=O) groups excluding carboxylic acids is 1. The zero-order chi connectivity index (χ0) is 11.2. The molecule has 0 saturated carbocycles. The van der Waals surface area contributed by atoms with E-state index < -0.39 is 5.97 Å². The molecule has 80 valence electrons. The molecule has 2 N–H and O–H groups in total. The fourth-order valence-corrected chi connectivity index (χ4v) is 1.80. The quantitative estimate of drug-likeness (QED) is 0.669. The Morgan fingerprint density at radius 1 is 1.43 bits per heavy atom. The van der Waals surface area contributed by atoms with E-state index in [0.717, 1.165) is 23.9 Å². The fraction of sp³-hybridized carbons (Fsp3) is 0.556. The van der Waals surface area contributed by atoms with Crippen molar-refractivity contribution in [1.82, 2.24) is 5.32 Å². The van der Waals surface area contributed by atoms with E-state index in [1.807, 2.05) is 13.8 Å². The van der Waals surface area contributed by atoms with E-state index in [1.165, 1.54) is 0 Å². The van der Waals surface area contributed by atoms with Gasteiger partial charge in [0, 0.05) is 17.4 Å². The van der Waals surface area contributed by atoms with E-state index in [9.17, 15) is 9.59 Å². The maximum atomic E-state index is 11.2. The minimum Gasteiger partial charge on any atom is -0.478 e. The van der Waals surface area contributed by atoms with Gasteiger partial charge in [0.2, 0.25) is 5.12 Å². The number of nitrogens with one attached hydrogen (secondary N) is 1. The highest BCUT2D eigenvalue weighted by molar-refractivity contribution is 8.15. The molecule has 0 rings (SSSR count). The van der Waals surface area contributed by atoms with Crippen molar-refractivity contribution in [1.29, 1.82) is 0 Å². The van der Waals surface area contributed by atoms with Crippen molar-refractivity contribution in [3.8, 4) is 0 Å². The molecule has 0 aromatic carbocycles. The first-order chi connectivity index (χ1) is 6.37. The lowest BCUT2D eigenvalue weighted by atomic mass is 10.2. The molecular formula is C9H15NO3S. The molecule has 0 amide bonds. The summed E-state index contributed by atoms with van der Waals surface area (Å²) in [6.45, 7) is 4.52. The highest BCUT2D eigenvalue weighted by Gasteiger charge is 2.20. The predicted molar refractivity (Wildman–Crippen MR) is 57.4 cm³/mol. The second-order valence-electron chi connectivity index (χ2n) is 3.38. The largest absolute Gasteiger partial charge is 0.478 e. The molecular weight excluding hydrogens is 202 g/mol. The van der Waals surface area contributed by atoms with Crippen molar-refractivity contribution in [2.24, 2.45) is 0 Å². The third-order valence-corrected chi connectivity index (χ3v) is 2.38. The first-order valence-electron chi connectivity index (χ1n) is 4.16. The Bertz CT molecular complexity index is 248. The maximum absolute atomic E-state index is 11.2. The molecule has 0 fully saturated rings. The Labute approximate surface area is 87.8 Å². The maximum Gasteiger partial charge on any atom is 0.328 e. The first kappa shape index (κ1) is 13.2. The van der Waals surface area contributed by atoms with E-state index in [2.05, 4.69) is 5.32 Å². The summed E-state index contributed by atoms with van der Waals surface area (Å²) in [6, 6.07) is 0. The van der Waals surface area contributed by atoms with Crippen LogP contribution in [-0.4, -0.2) is 34.5 Å². The Balaban J connectivity index is 4.11. The molecule has 0 saturated heterocycles. The summed E-state index contributed by atoms with van der Waals surface area (Å²) in [5.74, 6) is -1.11. The van der Waals surface area contributed by atoms with E-state index in [1.54, 1.807) is 7.05 Å². The number of thioether (sulfide) groups is 1. The van der Waals surface area contributed by atoms with Crippen LogP contribution in [0.3, 0.4) is 0 Å². The first-order valence-corrected chi connectivity index (χ1v) is 4.97. The molecule has 0 atom stereocenters. The normalized spacial score (nSPS) is 11.9. The molecule has 14 heavy (non-hydrogen) atoms. The van der Waals surface area contributed by atoms with E-state index in [-0.39, 0.29) is 9.86 Å². The Kier molecular flexibility index (Phi) is 5.49. The van der Waals surface area contributed by atoms with Crippen LogP contribution in [-0.2, 0) is 9.59 Å². The predicted octanol–water partition coefficient (Wildman–Crippen LogP) is 0.885. The number of hydrogen-bond donors (Lipinski definition) is 2. The zero-order valence-electron chi connectivity index (χ0n) is 8.53. The topological polar surface area (TPSA) is 66.4 Å². The summed E-state index contributed by atoms with van der Waals surface area (Å²) in [6.07, 6.45) is 1.93. The van der Waals surface area contributed by atoms with Gasteiger partial charge in [-0.15, -0.1) is 0 Å². The number of aliphatic carboxylic acids is 1. The summed E-state index contributed by atoms with van der Waals surface area (Å²) >= 11 is 1.12. The van der Waals surface area contributed by atoms with Gasteiger partial charge in [-0.1, -0.05) is 11.8 Å². The van der Waals surface area contributed by atoms with Crippen molar-refractivity contribution >= 4 is 22.8 Å². The second-order valence-corrected chi connectivity index (χ2v) is 5.09. The van der Waals surface area contributed by atoms with Gasteiger partial charge in [-0.2, -0.15) is 0 Å². The van der Waals surface area contributed by atoms with Crippen LogP contribution in [0.4, 0.5) is 0 Å². The summed E-state index contributed by atoms with van der Waals surface area (Å²) < 4.78 is -0.228. The number of carboxylic acids is 1. The van der Waals surface area contributed by atoms with Crippen molar-refractivity contribution in [2.75, 3.05) is 13.6 Å². The summed E-state index contributed by atoms with van der Waals surface area (Å²) in [7, 11) is 1.81. The van der Waals surface area contributed by atoms with E-state index in [4.69, 9.17) is 5.11 Å². The number of carbonyl (C=O) groups is 2. The molecule has 0 radical (unpaired) electrons. The molecule has 0 spiro atoms. The van der Waals surface area contributed by atoms with Crippen molar-refractivity contribution in [2.45, 2.75) is 18.6 Å². The summed E-state index contributed by atoms with van der Waals surface area (Å²) in [5.41, 5.74) is 0. The lowest BCUT2D eigenvalue weighted by molar-refractivity contribution is -0.131. The SMILES string of the molecule is CNCC(C)(C)SC(=O)/C=C/C(=O)O. The molecule has 0 bridgehead atoms. The smallest absolute Gasteiger partial charge is 0.328 e. The number of carboxylic acid groups (broad SMARTS) is 1. The van der Waals surface area contributed by atoms with Gasteiger partial charge in [0.05, 0.1) is 0 Å². The minimum atomic E-state index is -1.11. The van der Waals surface area contributed by atoms with Crippen LogP contribution in [0.5, 0.6) is 0 Å². The molecule has 0 aliphatic heterocycles. The van der Waals surface area contributed by atoms with Gasteiger partial charge < -0.3 is 10.4 Å². The third-order valence-electron chi connectivity index (χ3n) is 1.34. The van der Waals surface area contributed by atoms with Crippen LogP contribution in [0.15, 0.2) is 12.2 Å². The Morgan fingerprint density at radius 2 is 2.00 bits per heavy atom. The molecule has 0 aromatic rings. The molecule has 0 aliphatic rings. The van der Waals surface area contributed by atoms with Crippen LogP contribution in [0.2, 0.25) is 0 Å². The van der Waals surface area contributed by atoms with E-state index in [0.29, 0.717) is 6.54 Å². The fourth-order valence-electron chi connectivity index (χ4n) is 0.907. The van der Waals surface area contributed by atoms with E-state index >= 15 is 0 Å². The van der Waals surface area contributed by atoms with Gasteiger partial charge in [0.1, 0.15) is 0 Å². The van der Waals surface area contributed by atoms with Crippen LogP contribution in [0.25, 0.3) is 0 Å². The van der Waals surface area contributed by atoms with Gasteiger partial charge in [-0.3, -0.25) is 4.79 Å². The summed E-state index contributed by atoms with van der Waals surface area (Å²) in [4.78, 5) is 21.4. The minimum absolute atomic E-state index is 0.228. The molecule has 0 aromatic heterocycles. The lowest BCUT2D eigenvalue weighted by Gasteiger charge is -2.21.